The van der Waals surface area contributed by atoms with Crippen molar-refractivity contribution in [3.63, 3.8) is 0 Å². The Morgan fingerprint density at radius 2 is 2.22 bits per heavy atom. The van der Waals surface area contributed by atoms with Crippen LogP contribution in [0.1, 0.15) is 19.7 Å². The lowest BCUT2D eigenvalue weighted by Crippen LogP contribution is -2.12. The molecule has 0 N–H and O–H groups in total. The maximum atomic E-state index is 11.5. The van der Waals surface area contributed by atoms with Gasteiger partial charge in [0.25, 0.3) is 0 Å². The Morgan fingerprint density at radius 3 is 2.89 bits per heavy atom. The number of imidazole rings is 1. The molecular weight excluding hydrogens is 252 g/mol. The Bertz CT molecular complexity index is 578. The maximum absolute atomic E-state index is 11.5. The summed E-state index contributed by atoms with van der Waals surface area (Å²) in [5.74, 6) is 0.460. The van der Waals surface area contributed by atoms with Crippen LogP contribution in [0.4, 0.5) is 0 Å². The van der Waals surface area contributed by atoms with Crippen LogP contribution < -0.4 is 0 Å². The number of hydrogen-bond acceptors (Lipinski definition) is 3. The zero-order chi connectivity index (χ0) is 13.1. The molecule has 0 fully saturated rings. The number of hydrogen-bond donors (Lipinski definition) is 0. The summed E-state index contributed by atoms with van der Waals surface area (Å²) in [5, 5.41) is 0.666. The second-order valence-corrected chi connectivity index (χ2v) is 4.32. The minimum Gasteiger partial charge on any atom is -0.466 e. The molecule has 0 aliphatic rings. The van der Waals surface area contributed by atoms with Gasteiger partial charge in [0.15, 0.2) is 0 Å². The van der Waals surface area contributed by atoms with Crippen molar-refractivity contribution >= 4 is 28.6 Å². The molecule has 0 aliphatic heterocycles. The highest BCUT2D eigenvalue weighted by Gasteiger charge is 2.13. The summed E-state index contributed by atoms with van der Waals surface area (Å²) in [4.78, 5) is 16.0. The summed E-state index contributed by atoms with van der Waals surface area (Å²) in [6.45, 7) is 4.93. The summed E-state index contributed by atoms with van der Waals surface area (Å²) in [5.41, 5.74) is 1.80. The Balaban J connectivity index is 2.41. The molecule has 18 heavy (non-hydrogen) atoms. The van der Waals surface area contributed by atoms with Crippen LogP contribution in [-0.4, -0.2) is 22.1 Å². The Kier molecular flexibility index (Phi) is 3.87. The quantitative estimate of drug-likeness (QED) is 0.800. The molecule has 0 saturated carbocycles. The van der Waals surface area contributed by atoms with Crippen molar-refractivity contribution in [1.82, 2.24) is 9.55 Å². The fourth-order valence-corrected chi connectivity index (χ4v) is 2.14. The first-order valence-corrected chi connectivity index (χ1v) is 6.33. The predicted molar refractivity (Wildman–Crippen MR) is 70.8 cm³/mol. The van der Waals surface area contributed by atoms with Gasteiger partial charge in [-0.15, -0.1) is 0 Å². The third-order valence-electron chi connectivity index (χ3n) is 2.71. The van der Waals surface area contributed by atoms with Gasteiger partial charge in [-0.05, 0) is 32.0 Å². The standard InChI is InChI=1S/C13H15ClN2O2/c1-3-16-11-7-9(14)5-6-10(11)15-12(16)8-13(17)18-4-2/h5-7H,3-4,8H2,1-2H3. The molecule has 4 nitrogen and oxygen atoms in total. The number of ether oxygens (including phenoxy) is 1. The van der Waals surface area contributed by atoms with E-state index in [0.29, 0.717) is 17.5 Å². The molecule has 0 saturated heterocycles. The monoisotopic (exact) mass is 266 g/mol. The fourth-order valence-electron chi connectivity index (χ4n) is 1.97. The summed E-state index contributed by atoms with van der Waals surface area (Å²) in [6, 6.07) is 5.52. The van der Waals surface area contributed by atoms with Gasteiger partial charge in [0.05, 0.1) is 17.6 Å². The number of halogens is 1. The molecule has 0 aliphatic carbocycles. The first kappa shape index (κ1) is 12.9. The van der Waals surface area contributed by atoms with E-state index >= 15 is 0 Å². The number of aromatic nitrogens is 2. The minimum absolute atomic E-state index is 0.188. The topological polar surface area (TPSA) is 44.1 Å². The van der Waals surface area contributed by atoms with Gasteiger partial charge in [-0.25, -0.2) is 4.98 Å². The van der Waals surface area contributed by atoms with Crippen molar-refractivity contribution < 1.29 is 9.53 Å². The highest BCUT2D eigenvalue weighted by Crippen LogP contribution is 2.21. The number of nitrogens with zero attached hydrogens (tertiary/aromatic N) is 2. The second kappa shape index (κ2) is 5.40. The van der Waals surface area contributed by atoms with Crippen molar-refractivity contribution in [3.05, 3.63) is 29.0 Å². The number of carbonyl (C=O) groups excluding carboxylic acids is 1. The van der Waals surface area contributed by atoms with Gasteiger partial charge in [-0.1, -0.05) is 11.6 Å². The van der Waals surface area contributed by atoms with Gasteiger partial charge in [0, 0.05) is 11.6 Å². The number of rotatable bonds is 4. The summed E-state index contributed by atoms with van der Waals surface area (Å²) < 4.78 is 6.93. The van der Waals surface area contributed by atoms with Crippen molar-refractivity contribution in [2.45, 2.75) is 26.8 Å². The Hall–Kier alpha value is -1.55. The van der Waals surface area contributed by atoms with E-state index in [4.69, 9.17) is 16.3 Å². The predicted octanol–water partition coefficient (Wildman–Crippen LogP) is 2.82. The van der Waals surface area contributed by atoms with Crippen LogP contribution in [0, 0.1) is 0 Å². The fraction of sp³-hybridized carbons (Fsp3) is 0.385. The molecular formula is C13H15ClN2O2. The normalized spacial score (nSPS) is 10.8. The molecule has 2 rings (SSSR count). The van der Waals surface area contributed by atoms with Gasteiger partial charge >= 0.3 is 5.97 Å². The lowest BCUT2D eigenvalue weighted by atomic mass is 10.3. The first-order valence-electron chi connectivity index (χ1n) is 5.96. The van der Waals surface area contributed by atoms with E-state index in [9.17, 15) is 4.79 Å². The van der Waals surface area contributed by atoms with Crippen LogP contribution in [-0.2, 0) is 22.5 Å². The molecule has 1 aromatic heterocycles. The molecule has 96 valence electrons. The Morgan fingerprint density at radius 1 is 1.44 bits per heavy atom. The van der Waals surface area contributed by atoms with Crippen LogP contribution >= 0.6 is 11.6 Å². The second-order valence-electron chi connectivity index (χ2n) is 3.89. The highest BCUT2D eigenvalue weighted by atomic mass is 35.5. The molecule has 2 aromatic rings. The van der Waals surface area contributed by atoms with Crippen molar-refractivity contribution in [3.8, 4) is 0 Å². The molecule has 1 heterocycles. The van der Waals surface area contributed by atoms with Crippen molar-refractivity contribution in [2.24, 2.45) is 0 Å². The lowest BCUT2D eigenvalue weighted by Gasteiger charge is -2.05. The molecule has 1 aromatic carbocycles. The van der Waals surface area contributed by atoms with Gasteiger partial charge < -0.3 is 9.30 Å². The largest absolute Gasteiger partial charge is 0.466 e. The van der Waals surface area contributed by atoms with Gasteiger partial charge in [0.1, 0.15) is 12.2 Å². The van der Waals surface area contributed by atoms with Crippen LogP contribution in [0.15, 0.2) is 18.2 Å². The Labute approximate surface area is 111 Å². The van der Waals surface area contributed by atoms with Gasteiger partial charge in [-0.3, -0.25) is 4.79 Å². The molecule has 5 heteroatoms. The number of aryl methyl sites for hydroxylation is 1. The molecule has 0 amide bonds. The van der Waals surface area contributed by atoms with E-state index in [2.05, 4.69) is 4.98 Å². The summed E-state index contributed by atoms with van der Waals surface area (Å²) in [7, 11) is 0. The number of esters is 1. The molecule has 0 atom stereocenters. The number of carbonyl (C=O) groups is 1. The maximum Gasteiger partial charge on any atom is 0.313 e. The van der Waals surface area contributed by atoms with Crippen LogP contribution in [0.3, 0.4) is 0 Å². The van der Waals surface area contributed by atoms with E-state index in [1.807, 2.05) is 23.6 Å². The van der Waals surface area contributed by atoms with Crippen molar-refractivity contribution in [2.75, 3.05) is 6.61 Å². The van der Waals surface area contributed by atoms with E-state index in [-0.39, 0.29) is 12.4 Å². The summed E-state index contributed by atoms with van der Waals surface area (Å²) >= 11 is 5.98. The number of benzene rings is 1. The van der Waals surface area contributed by atoms with Crippen LogP contribution in [0.2, 0.25) is 5.02 Å². The first-order chi connectivity index (χ1) is 8.65. The van der Waals surface area contributed by atoms with Crippen LogP contribution in [0.5, 0.6) is 0 Å². The van der Waals surface area contributed by atoms with E-state index in [1.165, 1.54) is 0 Å². The molecule has 0 bridgehead atoms. The van der Waals surface area contributed by atoms with Crippen molar-refractivity contribution in [1.29, 1.82) is 0 Å². The van der Waals surface area contributed by atoms with E-state index < -0.39 is 0 Å². The third-order valence-corrected chi connectivity index (χ3v) is 2.95. The van der Waals surface area contributed by atoms with Gasteiger partial charge in [0.2, 0.25) is 0 Å². The molecule has 0 radical (unpaired) electrons. The third kappa shape index (κ3) is 2.48. The SMILES string of the molecule is CCOC(=O)Cc1nc2ccc(Cl)cc2n1CC. The van der Waals surface area contributed by atoms with E-state index in [0.717, 1.165) is 17.6 Å². The summed E-state index contributed by atoms with van der Waals surface area (Å²) in [6.07, 6.45) is 0.188. The average molecular weight is 267 g/mol. The smallest absolute Gasteiger partial charge is 0.313 e. The van der Waals surface area contributed by atoms with Crippen LogP contribution in [0.25, 0.3) is 11.0 Å². The minimum atomic E-state index is -0.256. The number of fused-ring (bicyclic) bond motifs is 1. The zero-order valence-corrected chi connectivity index (χ0v) is 11.2. The molecule has 0 unspecified atom stereocenters. The van der Waals surface area contributed by atoms with Gasteiger partial charge in [-0.2, -0.15) is 0 Å². The lowest BCUT2D eigenvalue weighted by molar-refractivity contribution is -0.142. The molecule has 0 spiro atoms. The van der Waals surface area contributed by atoms with E-state index in [1.54, 1.807) is 13.0 Å². The zero-order valence-electron chi connectivity index (χ0n) is 10.4. The average Bonchev–Trinajstić information content (AvgIpc) is 2.65. The highest BCUT2D eigenvalue weighted by molar-refractivity contribution is 6.31.